The van der Waals surface area contributed by atoms with Gasteiger partial charge in [-0.05, 0) is 25.2 Å². The standard InChI is InChI=1S/C7H14IN/c1-5-2-3-7(9)6(8)4-5/h5-7H,2-4,9H2,1H3. The van der Waals surface area contributed by atoms with Crippen LogP contribution < -0.4 is 5.73 Å². The minimum Gasteiger partial charge on any atom is -0.327 e. The van der Waals surface area contributed by atoms with Gasteiger partial charge in [0.05, 0.1) is 0 Å². The second-order valence-corrected chi connectivity index (χ2v) is 4.70. The van der Waals surface area contributed by atoms with Gasteiger partial charge in [-0.1, -0.05) is 29.5 Å². The number of hydrogen-bond acceptors (Lipinski definition) is 1. The van der Waals surface area contributed by atoms with Crippen LogP contribution in [-0.4, -0.2) is 9.97 Å². The molecule has 0 aromatic rings. The molecule has 0 amide bonds. The van der Waals surface area contributed by atoms with Gasteiger partial charge >= 0.3 is 0 Å². The third-order valence-corrected chi connectivity index (χ3v) is 3.52. The smallest absolute Gasteiger partial charge is 0.0263 e. The zero-order valence-electron chi connectivity index (χ0n) is 5.81. The molecule has 54 valence electrons. The van der Waals surface area contributed by atoms with Gasteiger partial charge in [0.25, 0.3) is 0 Å². The first-order valence-corrected chi connectivity index (χ1v) is 4.84. The lowest BCUT2D eigenvalue weighted by Crippen LogP contribution is -2.35. The summed E-state index contributed by atoms with van der Waals surface area (Å²) in [6.45, 7) is 2.32. The van der Waals surface area contributed by atoms with Crippen LogP contribution in [0.2, 0.25) is 0 Å². The Balaban J connectivity index is 2.35. The average molecular weight is 239 g/mol. The normalized spacial score (nSPS) is 45.0. The molecule has 0 radical (unpaired) electrons. The molecule has 9 heavy (non-hydrogen) atoms. The zero-order chi connectivity index (χ0) is 6.85. The van der Waals surface area contributed by atoms with Gasteiger partial charge in [0.1, 0.15) is 0 Å². The quantitative estimate of drug-likeness (QED) is 0.507. The van der Waals surface area contributed by atoms with Gasteiger partial charge in [-0.25, -0.2) is 0 Å². The fourth-order valence-corrected chi connectivity index (χ4v) is 2.56. The van der Waals surface area contributed by atoms with Crippen LogP contribution in [0.1, 0.15) is 26.2 Å². The van der Waals surface area contributed by atoms with E-state index in [4.69, 9.17) is 5.73 Å². The van der Waals surface area contributed by atoms with Crippen molar-refractivity contribution in [1.82, 2.24) is 0 Å². The summed E-state index contributed by atoms with van der Waals surface area (Å²) in [5.41, 5.74) is 5.83. The summed E-state index contributed by atoms with van der Waals surface area (Å²) in [6.07, 6.45) is 3.89. The van der Waals surface area contributed by atoms with Crippen molar-refractivity contribution in [2.75, 3.05) is 0 Å². The fraction of sp³-hybridized carbons (Fsp3) is 1.00. The van der Waals surface area contributed by atoms with E-state index < -0.39 is 0 Å². The molecular weight excluding hydrogens is 225 g/mol. The number of halogens is 1. The maximum atomic E-state index is 5.83. The molecule has 2 N–H and O–H groups in total. The molecule has 0 aromatic carbocycles. The molecule has 3 atom stereocenters. The van der Waals surface area contributed by atoms with Crippen molar-refractivity contribution in [2.24, 2.45) is 11.7 Å². The lowest BCUT2D eigenvalue weighted by molar-refractivity contribution is 0.366. The highest BCUT2D eigenvalue weighted by atomic mass is 127. The zero-order valence-corrected chi connectivity index (χ0v) is 7.97. The Morgan fingerprint density at radius 3 is 2.56 bits per heavy atom. The van der Waals surface area contributed by atoms with Gasteiger partial charge in [-0.3, -0.25) is 0 Å². The molecule has 1 rings (SSSR count). The fourth-order valence-electron chi connectivity index (χ4n) is 1.33. The van der Waals surface area contributed by atoms with Crippen LogP contribution in [0.5, 0.6) is 0 Å². The van der Waals surface area contributed by atoms with Crippen LogP contribution >= 0.6 is 22.6 Å². The SMILES string of the molecule is CC1CCC(N)C(I)C1. The number of hydrogen-bond donors (Lipinski definition) is 1. The molecule has 0 aromatic heterocycles. The van der Waals surface area contributed by atoms with E-state index in [1.807, 2.05) is 0 Å². The Kier molecular flexibility index (Phi) is 2.76. The van der Waals surface area contributed by atoms with Crippen LogP contribution in [0.25, 0.3) is 0 Å². The molecule has 1 saturated carbocycles. The maximum absolute atomic E-state index is 5.83. The average Bonchev–Trinajstić information content (AvgIpc) is 1.80. The summed E-state index contributed by atoms with van der Waals surface area (Å²) in [4.78, 5) is 0. The molecule has 1 nitrogen and oxygen atoms in total. The van der Waals surface area contributed by atoms with Crippen molar-refractivity contribution < 1.29 is 0 Å². The third-order valence-electron chi connectivity index (χ3n) is 2.08. The van der Waals surface area contributed by atoms with E-state index in [-0.39, 0.29) is 0 Å². The predicted octanol–water partition coefficient (Wildman–Crippen LogP) is 1.94. The van der Waals surface area contributed by atoms with Crippen molar-refractivity contribution in [3.05, 3.63) is 0 Å². The van der Waals surface area contributed by atoms with Gasteiger partial charge in [0, 0.05) is 9.97 Å². The second-order valence-electron chi connectivity index (χ2n) is 3.10. The molecule has 0 aliphatic heterocycles. The minimum atomic E-state index is 0.474. The van der Waals surface area contributed by atoms with Crippen LogP contribution in [0.3, 0.4) is 0 Å². The lowest BCUT2D eigenvalue weighted by Gasteiger charge is -2.28. The second kappa shape index (κ2) is 3.19. The van der Waals surface area contributed by atoms with Crippen molar-refractivity contribution in [1.29, 1.82) is 0 Å². The van der Waals surface area contributed by atoms with Gasteiger partial charge in [0.2, 0.25) is 0 Å². The van der Waals surface area contributed by atoms with Crippen molar-refractivity contribution in [3.63, 3.8) is 0 Å². The lowest BCUT2D eigenvalue weighted by atomic mass is 9.88. The van der Waals surface area contributed by atoms with Gasteiger partial charge in [0.15, 0.2) is 0 Å². The number of rotatable bonds is 0. The van der Waals surface area contributed by atoms with E-state index in [9.17, 15) is 0 Å². The Morgan fingerprint density at radius 2 is 2.11 bits per heavy atom. The third kappa shape index (κ3) is 2.08. The summed E-state index contributed by atoms with van der Waals surface area (Å²) in [7, 11) is 0. The maximum Gasteiger partial charge on any atom is 0.0263 e. The minimum absolute atomic E-state index is 0.474. The van der Waals surface area contributed by atoms with Crippen molar-refractivity contribution >= 4 is 22.6 Å². The molecule has 0 spiro atoms. The van der Waals surface area contributed by atoms with E-state index in [1.54, 1.807) is 0 Å². The predicted molar refractivity (Wildman–Crippen MR) is 48.8 cm³/mol. The van der Waals surface area contributed by atoms with E-state index in [2.05, 4.69) is 29.5 Å². The summed E-state index contributed by atoms with van der Waals surface area (Å²) < 4.78 is 0.728. The Hall–Kier alpha value is 0.690. The largest absolute Gasteiger partial charge is 0.327 e. The summed E-state index contributed by atoms with van der Waals surface area (Å²) in [5, 5.41) is 0. The molecule has 3 unspecified atom stereocenters. The molecule has 1 aliphatic carbocycles. The molecule has 0 heterocycles. The molecule has 1 aliphatic rings. The summed E-state index contributed by atoms with van der Waals surface area (Å²) in [6, 6.07) is 0.474. The first-order valence-electron chi connectivity index (χ1n) is 3.60. The highest BCUT2D eigenvalue weighted by Gasteiger charge is 2.22. The van der Waals surface area contributed by atoms with Gasteiger partial charge < -0.3 is 5.73 Å². The first kappa shape index (κ1) is 7.79. The van der Waals surface area contributed by atoms with Crippen molar-refractivity contribution in [2.45, 2.75) is 36.2 Å². The highest BCUT2D eigenvalue weighted by molar-refractivity contribution is 14.1. The number of nitrogens with two attached hydrogens (primary N) is 1. The first-order chi connectivity index (χ1) is 4.20. The monoisotopic (exact) mass is 239 g/mol. The number of alkyl halides is 1. The Morgan fingerprint density at radius 1 is 1.44 bits per heavy atom. The summed E-state index contributed by atoms with van der Waals surface area (Å²) >= 11 is 2.47. The van der Waals surface area contributed by atoms with Crippen LogP contribution in [0.4, 0.5) is 0 Å². The Bertz CT molecular complexity index is 94.9. The van der Waals surface area contributed by atoms with Crippen molar-refractivity contribution in [3.8, 4) is 0 Å². The van der Waals surface area contributed by atoms with E-state index in [0.717, 1.165) is 9.84 Å². The Labute approximate surface area is 70.5 Å². The van der Waals surface area contributed by atoms with E-state index in [0.29, 0.717) is 6.04 Å². The van der Waals surface area contributed by atoms with Crippen LogP contribution in [0.15, 0.2) is 0 Å². The molecular formula is C7H14IN. The topological polar surface area (TPSA) is 26.0 Å². The van der Waals surface area contributed by atoms with Gasteiger partial charge in [-0.2, -0.15) is 0 Å². The van der Waals surface area contributed by atoms with Crippen LogP contribution in [-0.2, 0) is 0 Å². The van der Waals surface area contributed by atoms with Crippen LogP contribution in [0, 0.1) is 5.92 Å². The molecule has 2 heteroatoms. The van der Waals surface area contributed by atoms with E-state index >= 15 is 0 Å². The summed E-state index contributed by atoms with van der Waals surface area (Å²) in [5.74, 6) is 0.909. The molecule has 0 saturated heterocycles. The van der Waals surface area contributed by atoms with Gasteiger partial charge in [-0.15, -0.1) is 0 Å². The highest BCUT2D eigenvalue weighted by Crippen LogP contribution is 2.27. The molecule has 1 fully saturated rings. The molecule has 0 bridgehead atoms. The van der Waals surface area contributed by atoms with E-state index in [1.165, 1.54) is 19.3 Å².